The van der Waals surface area contributed by atoms with Crippen molar-refractivity contribution in [1.29, 1.82) is 0 Å². The topological polar surface area (TPSA) is 8.17 Å². The van der Waals surface area contributed by atoms with Crippen LogP contribution in [0.5, 0.6) is 0 Å². The maximum atomic E-state index is 2.41. The fourth-order valence-corrected chi connectivity index (χ4v) is 9.13. The van der Waals surface area contributed by atoms with Crippen LogP contribution in [0.1, 0.15) is 0 Å². The standard InChI is InChI=1S/C60H42N2/c1-3-18-43(19-4-1)46-22-17-23-47(42-46)44-34-36-48(37-35-44)61(49-38-40-50(41-39-49)62-59-32-15-12-29-56(59)57-30-13-16-33-60(57)62)58-31-14-11-28-55(58)54-27-10-9-26-53(54)52-25-8-7-24-51(52)45-20-5-2-6-21-45/h1-42H. The summed E-state index contributed by atoms with van der Waals surface area (Å²) in [6, 6.07) is 92.0. The first kappa shape index (κ1) is 36.8. The lowest BCUT2D eigenvalue weighted by atomic mass is 9.88. The Morgan fingerprint density at radius 3 is 1.26 bits per heavy atom. The molecule has 0 atom stereocenters. The summed E-state index contributed by atoms with van der Waals surface area (Å²) in [4.78, 5) is 2.41. The molecule has 0 spiro atoms. The highest BCUT2D eigenvalue weighted by Crippen LogP contribution is 2.46. The molecule has 0 fully saturated rings. The van der Waals surface area contributed by atoms with Gasteiger partial charge in [-0.1, -0.05) is 194 Å². The lowest BCUT2D eigenvalue weighted by Crippen LogP contribution is -2.11. The lowest BCUT2D eigenvalue weighted by Gasteiger charge is -2.29. The molecule has 1 heterocycles. The van der Waals surface area contributed by atoms with Crippen LogP contribution >= 0.6 is 0 Å². The summed E-state index contributed by atoms with van der Waals surface area (Å²) in [6.45, 7) is 0. The Hall–Kier alpha value is -8.20. The van der Waals surface area contributed by atoms with Crippen LogP contribution in [0.4, 0.5) is 17.1 Å². The zero-order chi connectivity index (χ0) is 41.2. The molecule has 0 N–H and O–H groups in total. The number of nitrogens with zero attached hydrogens (tertiary/aromatic N) is 2. The first-order chi connectivity index (χ1) is 30.8. The SMILES string of the molecule is c1ccc(-c2cccc(-c3ccc(N(c4ccc(-n5c6ccccc6c6ccccc65)cc4)c4ccccc4-c4ccccc4-c4ccccc4-c4ccccc4)cc3)c2)cc1. The Bertz CT molecular complexity index is 3270. The molecular formula is C60H42N2. The van der Waals surface area contributed by atoms with E-state index in [-0.39, 0.29) is 0 Å². The normalized spacial score (nSPS) is 11.2. The number of anilines is 3. The fraction of sp³-hybridized carbons (Fsp3) is 0. The number of hydrogen-bond donors (Lipinski definition) is 0. The van der Waals surface area contributed by atoms with Crippen molar-refractivity contribution in [2.75, 3.05) is 4.90 Å². The average molecular weight is 791 g/mol. The third-order valence-electron chi connectivity index (χ3n) is 12.0. The molecule has 2 heteroatoms. The van der Waals surface area contributed by atoms with Crippen molar-refractivity contribution in [3.05, 3.63) is 255 Å². The van der Waals surface area contributed by atoms with Crippen LogP contribution in [-0.2, 0) is 0 Å². The number of para-hydroxylation sites is 3. The first-order valence-corrected chi connectivity index (χ1v) is 21.3. The predicted octanol–water partition coefficient (Wildman–Crippen LogP) is 16.6. The molecule has 0 aliphatic rings. The van der Waals surface area contributed by atoms with Crippen molar-refractivity contribution in [1.82, 2.24) is 4.57 Å². The summed E-state index contributed by atoms with van der Waals surface area (Å²) in [7, 11) is 0. The molecule has 62 heavy (non-hydrogen) atoms. The molecule has 11 rings (SSSR count). The minimum Gasteiger partial charge on any atom is -0.310 e. The van der Waals surface area contributed by atoms with Gasteiger partial charge in [0, 0.05) is 33.4 Å². The Morgan fingerprint density at radius 1 is 0.258 bits per heavy atom. The second kappa shape index (κ2) is 16.1. The summed E-state index contributed by atoms with van der Waals surface area (Å²) in [5, 5.41) is 2.51. The summed E-state index contributed by atoms with van der Waals surface area (Å²) in [5.41, 5.74) is 18.7. The molecule has 10 aromatic carbocycles. The van der Waals surface area contributed by atoms with E-state index in [1.165, 1.54) is 71.9 Å². The maximum Gasteiger partial charge on any atom is 0.0541 e. The molecule has 0 bridgehead atoms. The Morgan fingerprint density at radius 2 is 0.661 bits per heavy atom. The molecule has 292 valence electrons. The van der Waals surface area contributed by atoms with E-state index in [9.17, 15) is 0 Å². The van der Waals surface area contributed by atoms with Gasteiger partial charge in [-0.15, -0.1) is 0 Å². The average Bonchev–Trinajstić information content (AvgIpc) is 3.70. The Labute approximate surface area is 362 Å². The smallest absolute Gasteiger partial charge is 0.0541 e. The molecule has 0 aliphatic heterocycles. The second-order valence-electron chi connectivity index (χ2n) is 15.7. The Kier molecular flexibility index (Phi) is 9.57. The van der Waals surface area contributed by atoms with E-state index in [1.54, 1.807) is 0 Å². The number of fused-ring (bicyclic) bond motifs is 3. The van der Waals surface area contributed by atoms with Crippen molar-refractivity contribution in [2.24, 2.45) is 0 Å². The van der Waals surface area contributed by atoms with Crippen LogP contribution in [0.3, 0.4) is 0 Å². The minimum absolute atomic E-state index is 1.07. The van der Waals surface area contributed by atoms with Crippen molar-refractivity contribution < 1.29 is 0 Å². The van der Waals surface area contributed by atoms with Gasteiger partial charge in [0.05, 0.1) is 16.7 Å². The van der Waals surface area contributed by atoms with Gasteiger partial charge in [0.2, 0.25) is 0 Å². The maximum absolute atomic E-state index is 2.41. The van der Waals surface area contributed by atoms with E-state index in [1.807, 2.05) is 0 Å². The minimum atomic E-state index is 1.07. The van der Waals surface area contributed by atoms with E-state index >= 15 is 0 Å². The van der Waals surface area contributed by atoms with Gasteiger partial charge in [0.15, 0.2) is 0 Å². The second-order valence-corrected chi connectivity index (χ2v) is 15.7. The molecule has 0 radical (unpaired) electrons. The van der Waals surface area contributed by atoms with Crippen LogP contribution in [0.15, 0.2) is 255 Å². The van der Waals surface area contributed by atoms with Crippen molar-refractivity contribution in [3.63, 3.8) is 0 Å². The van der Waals surface area contributed by atoms with E-state index in [2.05, 4.69) is 264 Å². The third-order valence-corrected chi connectivity index (χ3v) is 12.0. The van der Waals surface area contributed by atoms with Gasteiger partial charge in [-0.05, 0) is 111 Å². The van der Waals surface area contributed by atoms with Gasteiger partial charge in [0.1, 0.15) is 0 Å². The zero-order valence-corrected chi connectivity index (χ0v) is 34.1. The van der Waals surface area contributed by atoms with Gasteiger partial charge in [-0.25, -0.2) is 0 Å². The summed E-state index contributed by atoms with van der Waals surface area (Å²) in [6.07, 6.45) is 0. The fourth-order valence-electron chi connectivity index (χ4n) is 9.13. The van der Waals surface area contributed by atoms with Crippen molar-refractivity contribution >= 4 is 38.9 Å². The third kappa shape index (κ3) is 6.74. The van der Waals surface area contributed by atoms with Crippen molar-refractivity contribution in [3.8, 4) is 61.3 Å². The van der Waals surface area contributed by atoms with E-state index in [0.717, 1.165) is 28.3 Å². The summed E-state index contributed by atoms with van der Waals surface area (Å²) < 4.78 is 2.38. The monoisotopic (exact) mass is 790 g/mol. The zero-order valence-electron chi connectivity index (χ0n) is 34.1. The summed E-state index contributed by atoms with van der Waals surface area (Å²) >= 11 is 0. The molecule has 0 aliphatic carbocycles. The van der Waals surface area contributed by atoms with E-state index in [4.69, 9.17) is 0 Å². The molecule has 0 saturated carbocycles. The predicted molar refractivity (Wildman–Crippen MR) is 263 cm³/mol. The molecule has 2 nitrogen and oxygen atoms in total. The molecule has 0 saturated heterocycles. The van der Waals surface area contributed by atoms with Crippen molar-refractivity contribution in [2.45, 2.75) is 0 Å². The number of hydrogen-bond acceptors (Lipinski definition) is 1. The quantitative estimate of drug-likeness (QED) is 0.141. The number of aromatic nitrogens is 1. The van der Waals surface area contributed by atoms with Gasteiger partial charge >= 0.3 is 0 Å². The van der Waals surface area contributed by atoms with Crippen LogP contribution in [-0.4, -0.2) is 4.57 Å². The van der Waals surface area contributed by atoms with E-state index in [0.29, 0.717) is 0 Å². The highest BCUT2D eigenvalue weighted by Gasteiger charge is 2.21. The molecule has 0 unspecified atom stereocenters. The van der Waals surface area contributed by atoms with Gasteiger partial charge in [-0.2, -0.15) is 0 Å². The largest absolute Gasteiger partial charge is 0.310 e. The summed E-state index contributed by atoms with van der Waals surface area (Å²) in [5.74, 6) is 0. The number of rotatable bonds is 9. The highest BCUT2D eigenvalue weighted by atomic mass is 15.1. The van der Waals surface area contributed by atoms with Crippen LogP contribution < -0.4 is 4.90 Å². The molecule has 0 amide bonds. The Balaban J connectivity index is 1.06. The van der Waals surface area contributed by atoms with Gasteiger partial charge < -0.3 is 9.47 Å². The molecule has 1 aromatic heterocycles. The van der Waals surface area contributed by atoms with Crippen LogP contribution in [0.25, 0.3) is 83.1 Å². The highest BCUT2D eigenvalue weighted by molar-refractivity contribution is 6.09. The first-order valence-electron chi connectivity index (χ1n) is 21.3. The van der Waals surface area contributed by atoms with Gasteiger partial charge in [-0.3, -0.25) is 0 Å². The van der Waals surface area contributed by atoms with Gasteiger partial charge in [0.25, 0.3) is 0 Å². The lowest BCUT2D eigenvalue weighted by molar-refractivity contribution is 1.17. The van der Waals surface area contributed by atoms with Crippen LogP contribution in [0.2, 0.25) is 0 Å². The van der Waals surface area contributed by atoms with Crippen LogP contribution in [0, 0.1) is 0 Å². The molecule has 11 aromatic rings. The number of benzene rings is 10. The molecular weight excluding hydrogens is 749 g/mol. The van der Waals surface area contributed by atoms with E-state index < -0.39 is 0 Å².